The van der Waals surface area contributed by atoms with Crippen molar-refractivity contribution in [2.24, 2.45) is 11.3 Å². The smallest absolute Gasteiger partial charge is 0.138 e. The van der Waals surface area contributed by atoms with Crippen LogP contribution in [0.4, 0.5) is 0 Å². The molecule has 0 spiro atoms. The summed E-state index contributed by atoms with van der Waals surface area (Å²) in [5.74, 6) is 0.895. The molecule has 0 heterocycles. The van der Waals surface area contributed by atoms with Crippen molar-refractivity contribution in [1.82, 2.24) is 0 Å². The van der Waals surface area contributed by atoms with Crippen molar-refractivity contribution in [3.05, 3.63) is 11.6 Å². The maximum atomic E-state index is 12.1. The molecule has 0 aromatic carbocycles. The maximum absolute atomic E-state index is 12.1. The molecule has 0 saturated carbocycles. The minimum atomic E-state index is -0.162. The summed E-state index contributed by atoms with van der Waals surface area (Å²) in [4.78, 5) is 12.1. The lowest BCUT2D eigenvalue weighted by Gasteiger charge is -2.30. The third kappa shape index (κ3) is 6.05. The number of ketones is 1. The van der Waals surface area contributed by atoms with Gasteiger partial charge in [0.05, 0.1) is 0 Å². The van der Waals surface area contributed by atoms with Crippen LogP contribution in [0.1, 0.15) is 73.6 Å². The number of unbranched alkanes of at least 4 members (excludes halogenated alkanes) is 1. The van der Waals surface area contributed by atoms with Crippen molar-refractivity contribution in [3.8, 4) is 0 Å². The van der Waals surface area contributed by atoms with Crippen LogP contribution in [0, 0.1) is 11.3 Å². The summed E-state index contributed by atoms with van der Waals surface area (Å²) in [5.41, 5.74) is 1.21. The van der Waals surface area contributed by atoms with E-state index in [1.165, 1.54) is 5.57 Å². The first-order chi connectivity index (χ1) is 7.82. The van der Waals surface area contributed by atoms with Gasteiger partial charge >= 0.3 is 0 Å². The molecule has 0 amide bonds. The van der Waals surface area contributed by atoms with Crippen molar-refractivity contribution >= 4 is 5.78 Å². The summed E-state index contributed by atoms with van der Waals surface area (Å²) in [6.45, 7) is 12.8. The molecule has 0 aliphatic rings. The molecule has 0 aliphatic heterocycles. The van der Waals surface area contributed by atoms with E-state index in [0.717, 1.165) is 32.1 Å². The van der Waals surface area contributed by atoms with Gasteiger partial charge in [0.2, 0.25) is 0 Å². The fourth-order valence-electron chi connectivity index (χ4n) is 1.92. The normalized spacial score (nSPS) is 13.3. The molecule has 0 saturated heterocycles. The third-order valence-electron chi connectivity index (χ3n) is 3.86. The van der Waals surface area contributed by atoms with Crippen molar-refractivity contribution in [3.63, 3.8) is 0 Å². The quantitative estimate of drug-likeness (QED) is 0.534. The molecule has 1 nitrogen and oxygen atoms in total. The fourth-order valence-corrected chi connectivity index (χ4v) is 1.92. The predicted molar refractivity (Wildman–Crippen MR) is 76.1 cm³/mol. The van der Waals surface area contributed by atoms with Crippen molar-refractivity contribution in [1.29, 1.82) is 0 Å². The topological polar surface area (TPSA) is 17.1 Å². The SMILES string of the molecule is CCCCC(=O)C(C)(C)[C@H](C)CCC=C(C)C. The Labute approximate surface area is 108 Å². The molecule has 0 aromatic rings. The van der Waals surface area contributed by atoms with Gasteiger partial charge in [-0.2, -0.15) is 0 Å². The molecule has 100 valence electrons. The Balaban J connectivity index is 4.27. The van der Waals surface area contributed by atoms with Crippen LogP contribution < -0.4 is 0 Å². The first-order valence-electron chi connectivity index (χ1n) is 6.99. The van der Waals surface area contributed by atoms with Gasteiger partial charge in [0.25, 0.3) is 0 Å². The number of allylic oxidation sites excluding steroid dienone is 2. The van der Waals surface area contributed by atoms with Crippen LogP contribution in [-0.2, 0) is 4.79 Å². The molecule has 17 heavy (non-hydrogen) atoms. The zero-order valence-electron chi connectivity index (χ0n) is 12.6. The highest BCUT2D eigenvalue weighted by Gasteiger charge is 2.32. The zero-order chi connectivity index (χ0) is 13.5. The zero-order valence-corrected chi connectivity index (χ0v) is 12.6. The van der Waals surface area contributed by atoms with Gasteiger partial charge in [-0.15, -0.1) is 0 Å². The molecule has 0 rings (SSSR count). The molecule has 1 atom stereocenters. The first kappa shape index (κ1) is 16.4. The summed E-state index contributed by atoms with van der Waals surface area (Å²) in [5, 5.41) is 0. The van der Waals surface area contributed by atoms with Gasteiger partial charge in [-0.25, -0.2) is 0 Å². The predicted octanol–water partition coefficient (Wildman–Crippen LogP) is 5.15. The lowest BCUT2D eigenvalue weighted by Crippen LogP contribution is -2.31. The van der Waals surface area contributed by atoms with Gasteiger partial charge in [0.15, 0.2) is 0 Å². The van der Waals surface area contributed by atoms with E-state index < -0.39 is 0 Å². The van der Waals surface area contributed by atoms with Gasteiger partial charge in [0.1, 0.15) is 5.78 Å². The average molecular weight is 238 g/mol. The minimum absolute atomic E-state index is 0.162. The largest absolute Gasteiger partial charge is 0.299 e. The Morgan fingerprint density at radius 2 is 1.88 bits per heavy atom. The van der Waals surface area contributed by atoms with Crippen molar-refractivity contribution in [2.45, 2.75) is 73.6 Å². The molecule has 0 bridgehead atoms. The van der Waals surface area contributed by atoms with Gasteiger partial charge in [-0.1, -0.05) is 45.8 Å². The van der Waals surface area contributed by atoms with Crippen LogP contribution in [0.3, 0.4) is 0 Å². The monoisotopic (exact) mass is 238 g/mol. The number of hydrogen-bond donors (Lipinski definition) is 0. The van der Waals surface area contributed by atoms with E-state index in [-0.39, 0.29) is 5.41 Å². The number of Topliss-reactive ketones (excluding diaryl/α,β-unsaturated/α-hetero) is 1. The molecule has 0 radical (unpaired) electrons. The molecule has 0 fully saturated rings. The molecular weight excluding hydrogens is 208 g/mol. The minimum Gasteiger partial charge on any atom is -0.299 e. The highest BCUT2D eigenvalue weighted by Crippen LogP contribution is 2.33. The Bertz CT molecular complexity index is 257. The Morgan fingerprint density at radius 3 is 2.35 bits per heavy atom. The Kier molecular flexibility index (Phi) is 7.41. The fraction of sp³-hybridized carbons (Fsp3) is 0.812. The maximum Gasteiger partial charge on any atom is 0.138 e. The third-order valence-corrected chi connectivity index (χ3v) is 3.86. The van der Waals surface area contributed by atoms with Crippen LogP contribution in [0.2, 0.25) is 0 Å². The van der Waals surface area contributed by atoms with E-state index in [2.05, 4.69) is 47.6 Å². The second kappa shape index (κ2) is 7.68. The second-order valence-electron chi connectivity index (χ2n) is 6.01. The Morgan fingerprint density at radius 1 is 1.29 bits per heavy atom. The van der Waals surface area contributed by atoms with Crippen molar-refractivity contribution in [2.75, 3.05) is 0 Å². The van der Waals surface area contributed by atoms with E-state index in [0.29, 0.717) is 11.7 Å². The van der Waals surface area contributed by atoms with Crippen LogP contribution in [0.15, 0.2) is 11.6 Å². The standard InChI is InChI=1S/C16H30O/c1-7-8-12-15(17)16(5,6)14(4)11-9-10-13(2)3/h10,14H,7-9,11-12H2,1-6H3/t14-/m1/s1. The van der Waals surface area contributed by atoms with Crippen LogP contribution in [-0.4, -0.2) is 5.78 Å². The van der Waals surface area contributed by atoms with E-state index in [9.17, 15) is 4.79 Å². The summed E-state index contributed by atoms with van der Waals surface area (Å²) in [6, 6.07) is 0. The number of rotatable bonds is 8. The van der Waals surface area contributed by atoms with Crippen LogP contribution in [0.5, 0.6) is 0 Å². The van der Waals surface area contributed by atoms with E-state index >= 15 is 0 Å². The number of hydrogen-bond acceptors (Lipinski definition) is 1. The molecule has 1 heteroatoms. The molecule has 0 aliphatic carbocycles. The highest BCUT2D eigenvalue weighted by molar-refractivity contribution is 5.84. The lowest BCUT2D eigenvalue weighted by atomic mass is 9.73. The van der Waals surface area contributed by atoms with Gasteiger partial charge < -0.3 is 0 Å². The molecule has 0 unspecified atom stereocenters. The Hall–Kier alpha value is -0.590. The summed E-state index contributed by atoms with van der Waals surface area (Å²) in [7, 11) is 0. The molecule has 0 aromatic heterocycles. The molecule has 0 N–H and O–H groups in total. The number of carbonyl (C=O) groups excluding carboxylic acids is 1. The van der Waals surface area contributed by atoms with Gasteiger partial charge in [0, 0.05) is 11.8 Å². The summed E-state index contributed by atoms with van der Waals surface area (Å²) in [6.07, 6.45) is 7.35. The number of carbonyl (C=O) groups is 1. The van der Waals surface area contributed by atoms with Gasteiger partial charge in [-0.05, 0) is 39.0 Å². The van der Waals surface area contributed by atoms with E-state index in [1.54, 1.807) is 0 Å². The van der Waals surface area contributed by atoms with Gasteiger partial charge in [-0.3, -0.25) is 4.79 Å². The van der Waals surface area contributed by atoms with Crippen LogP contribution >= 0.6 is 0 Å². The summed E-state index contributed by atoms with van der Waals surface area (Å²) < 4.78 is 0. The van der Waals surface area contributed by atoms with Crippen molar-refractivity contribution < 1.29 is 4.79 Å². The molecular formula is C16H30O. The van der Waals surface area contributed by atoms with E-state index in [1.807, 2.05) is 0 Å². The van der Waals surface area contributed by atoms with Crippen LogP contribution in [0.25, 0.3) is 0 Å². The summed E-state index contributed by atoms with van der Waals surface area (Å²) >= 11 is 0. The second-order valence-corrected chi connectivity index (χ2v) is 6.01. The lowest BCUT2D eigenvalue weighted by molar-refractivity contribution is -0.129. The first-order valence-corrected chi connectivity index (χ1v) is 6.99. The highest BCUT2D eigenvalue weighted by atomic mass is 16.1. The van der Waals surface area contributed by atoms with E-state index in [4.69, 9.17) is 0 Å². The average Bonchev–Trinajstić information content (AvgIpc) is 2.24.